The Morgan fingerprint density at radius 2 is 1.61 bits per heavy atom. The number of hydrogen-bond donors (Lipinski definition) is 3. The Morgan fingerprint density at radius 3 is 2.21 bits per heavy atom. The van der Waals surface area contributed by atoms with Crippen LogP contribution in [-0.2, 0) is 4.79 Å². The zero-order valence-corrected chi connectivity index (χ0v) is 19.6. The van der Waals surface area contributed by atoms with Gasteiger partial charge in [0, 0.05) is 29.2 Å². The summed E-state index contributed by atoms with van der Waals surface area (Å²) in [4.78, 5) is 35.8. The van der Waals surface area contributed by atoms with Crippen molar-refractivity contribution in [1.82, 2.24) is 10.6 Å². The monoisotopic (exact) mass is 472 g/mol. The largest absolute Gasteiger partial charge is 0.490 e. The van der Waals surface area contributed by atoms with Crippen molar-refractivity contribution in [1.29, 1.82) is 0 Å². The van der Waals surface area contributed by atoms with E-state index in [4.69, 9.17) is 21.4 Å². The SMILES string of the molecule is Cc1cc(C(=O)NCCNC(=O)c2ccc(OC3CCC(C(=O)O)CC3)cc2C)ccc1Cl. The van der Waals surface area contributed by atoms with Gasteiger partial charge in [-0.2, -0.15) is 0 Å². The fourth-order valence-corrected chi connectivity index (χ4v) is 4.04. The third kappa shape index (κ3) is 6.71. The molecule has 7 nitrogen and oxygen atoms in total. The van der Waals surface area contributed by atoms with E-state index in [2.05, 4.69) is 10.6 Å². The maximum absolute atomic E-state index is 12.5. The van der Waals surface area contributed by atoms with E-state index in [1.54, 1.807) is 30.3 Å². The molecule has 8 heteroatoms. The van der Waals surface area contributed by atoms with Gasteiger partial charge in [0.1, 0.15) is 5.75 Å². The smallest absolute Gasteiger partial charge is 0.306 e. The minimum atomic E-state index is -0.737. The Kier molecular flexibility index (Phi) is 8.33. The summed E-state index contributed by atoms with van der Waals surface area (Å²) in [5.74, 6) is -0.790. The number of amides is 2. The molecule has 0 saturated heterocycles. The second-order valence-electron chi connectivity index (χ2n) is 8.38. The number of benzene rings is 2. The molecular formula is C25H29ClN2O5. The minimum Gasteiger partial charge on any atom is -0.490 e. The fraction of sp³-hybridized carbons (Fsp3) is 0.400. The van der Waals surface area contributed by atoms with Crippen LogP contribution in [0.25, 0.3) is 0 Å². The Labute approximate surface area is 198 Å². The molecule has 2 aromatic rings. The average molecular weight is 473 g/mol. The first-order valence-electron chi connectivity index (χ1n) is 11.1. The third-order valence-electron chi connectivity index (χ3n) is 5.88. The highest BCUT2D eigenvalue weighted by Gasteiger charge is 2.27. The molecule has 3 rings (SSSR count). The summed E-state index contributed by atoms with van der Waals surface area (Å²) in [6, 6.07) is 10.4. The molecule has 2 aromatic carbocycles. The van der Waals surface area contributed by atoms with Crippen molar-refractivity contribution in [3.8, 4) is 5.75 Å². The summed E-state index contributed by atoms with van der Waals surface area (Å²) in [6.07, 6.45) is 2.65. The number of carbonyl (C=O) groups excluding carboxylic acids is 2. The van der Waals surface area contributed by atoms with Gasteiger partial charge in [-0.25, -0.2) is 0 Å². The number of nitrogens with one attached hydrogen (secondary N) is 2. The van der Waals surface area contributed by atoms with Crippen LogP contribution in [0.5, 0.6) is 5.75 Å². The number of aryl methyl sites for hydroxylation is 2. The number of aliphatic carboxylic acids is 1. The third-order valence-corrected chi connectivity index (χ3v) is 6.31. The van der Waals surface area contributed by atoms with Gasteiger partial charge in [-0.1, -0.05) is 11.6 Å². The Bertz CT molecular complexity index is 1030. The van der Waals surface area contributed by atoms with E-state index >= 15 is 0 Å². The van der Waals surface area contributed by atoms with Gasteiger partial charge in [0.15, 0.2) is 0 Å². The summed E-state index contributed by atoms with van der Waals surface area (Å²) in [5.41, 5.74) is 2.67. The highest BCUT2D eigenvalue weighted by Crippen LogP contribution is 2.28. The van der Waals surface area contributed by atoms with Crippen molar-refractivity contribution < 1.29 is 24.2 Å². The number of carboxylic acids is 1. The van der Waals surface area contributed by atoms with Gasteiger partial charge in [-0.3, -0.25) is 14.4 Å². The predicted octanol–water partition coefficient (Wildman–Crippen LogP) is 4.14. The van der Waals surface area contributed by atoms with Crippen LogP contribution in [0.2, 0.25) is 5.02 Å². The average Bonchev–Trinajstić information content (AvgIpc) is 2.78. The molecule has 0 aliphatic heterocycles. The van der Waals surface area contributed by atoms with Crippen LogP contribution in [0.1, 0.15) is 57.5 Å². The Balaban J connectivity index is 1.45. The van der Waals surface area contributed by atoms with Gasteiger partial charge in [-0.05, 0) is 87.1 Å². The van der Waals surface area contributed by atoms with E-state index in [9.17, 15) is 14.4 Å². The van der Waals surface area contributed by atoms with Crippen LogP contribution >= 0.6 is 11.6 Å². The molecule has 1 saturated carbocycles. The van der Waals surface area contributed by atoms with Crippen molar-refractivity contribution in [3.05, 3.63) is 63.7 Å². The molecule has 0 atom stereocenters. The maximum Gasteiger partial charge on any atom is 0.306 e. The molecular weight excluding hydrogens is 444 g/mol. The number of ether oxygens (including phenoxy) is 1. The molecule has 1 aliphatic carbocycles. The highest BCUT2D eigenvalue weighted by atomic mass is 35.5. The van der Waals surface area contributed by atoms with Crippen LogP contribution in [0.15, 0.2) is 36.4 Å². The van der Waals surface area contributed by atoms with Gasteiger partial charge in [0.2, 0.25) is 0 Å². The number of halogens is 1. The van der Waals surface area contributed by atoms with Crippen molar-refractivity contribution in [2.75, 3.05) is 13.1 Å². The molecule has 0 aromatic heterocycles. The summed E-state index contributed by atoms with van der Waals surface area (Å²) in [5, 5.41) is 15.3. The van der Waals surface area contributed by atoms with Crippen LogP contribution in [0.3, 0.4) is 0 Å². The van der Waals surface area contributed by atoms with Crippen molar-refractivity contribution in [2.45, 2.75) is 45.6 Å². The second-order valence-corrected chi connectivity index (χ2v) is 8.79. The summed E-state index contributed by atoms with van der Waals surface area (Å²) >= 11 is 5.99. The molecule has 1 aliphatic rings. The molecule has 0 unspecified atom stereocenters. The molecule has 0 bridgehead atoms. The minimum absolute atomic E-state index is 0.00674. The first-order valence-corrected chi connectivity index (χ1v) is 11.4. The Hall–Kier alpha value is -3.06. The molecule has 0 heterocycles. The van der Waals surface area contributed by atoms with Crippen LogP contribution in [-0.4, -0.2) is 42.1 Å². The molecule has 3 N–H and O–H groups in total. The van der Waals surface area contributed by atoms with Crippen molar-refractivity contribution >= 4 is 29.4 Å². The van der Waals surface area contributed by atoms with Gasteiger partial charge in [-0.15, -0.1) is 0 Å². The number of carboxylic acid groups (broad SMARTS) is 1. The molecule has 176 valence electrons. The van der Waals surface area contributed by atoms with Crippen LogP contribution in [0.4, 0.5) is 0 Å². The predicted molar refractivity (Wildman–Crippen MR) is 126 cm³/mol. The summed E-state index contributed by atoms with van der Waals surface area (Å²) in [7, 11) is 0. The quantitative estimate of drug-likeness (QED) is 0.501. The summed E-state index contributed by atoms with van der Waals surface area (Å²) < 4.78 is 6.00. The lowest BCUT2D eigenvalue weighted by Crippen LogP contribution is -2.35. The van der Waals surface area contributed by atoms with Crippen molar-refractivity contribution in [2.24, 2.45) is 5.92 Å². The van der Waals surface area contributed by atoms with E-state index in [0.29, 0.717) is 60.7 Å². The summed E-state index contributed by atoms with van der Waals surface area (Å²) in [6.45, 7) is 4.27. The fourth-order valence-electron chi connectivity index (χ4n) is 3.92. The lowest BCUT2D eigenvalue weighted by molar-refractivity contribution is -0.143. The lowest BCUT2D eigenvalue weighted by atomic mass is 9.87. The van der Waals surface area contributed by atoms with Crippen LogP contribution in [0, 0.1) is 19.8 Å². The molecule has 2 amide bonds. The molecule has 0 spiro atoms. The second kappa shape index (κ2) is 11.2. The first kappa shape index (κ1) is 24.6. The Morgan fingerprint density at radius 1 is 0.939 bits per heavy atom. The zero-order valence-electron chi connectivity index (χ0n) is 18.8. The van der Waals surface area contributed by atoms with E-state index in [-0.39, 0.29) is 23.8 Å². The van der Waals surface area contributed by atoms with Crippen LogP contribution < -0.4 is 15.4 Å². The van der Waals surface area contributed by atoms with Gasteiger partial charge >= 0.3 is 5.97 Å². The highest BCUT2D eigenvalue weighted by molar-refractivity contribution is 6.31. The van der Waals surface area contributed by atoms with E-state index < -0.39 is 5.97 Å². The number of carbonyl (C=O) groups is 3. The molecule has 1 fully saturated rings. The maximum atomic E-state index is 12.5. The van der Waals surface area contributed by atoms with Gasteiger partial charge in [0.05, 0.1) is 12.0 Å². The van der Waals surface area contributed by atoms with E-state index in [1.165, 1.54) is 0 Å². The number of rotatable bonds is 8. The normalized spacial score (nSPS) is 17.8. The molecule has 0 radical (unpaired) electrons. The van der Waals surface area contributed by atoms with Gasteiger partial charge in [0.25, 0.3) is 11.8 Å². The standard InChI is InChI=1S/C25H29ClN2O5/c1-15-14-20(33-19-6-3-17(4-7-19)25(31)32)8-9-21(15)24(30)28-12-11-27-23(29)18-5-10-22(26)16(2)13-18/h5,8-10,13-14,17,19H,3-4,6-7,11-12H2,1-2H3,(H,27,29)(H,28,30)(H,31,32). The molecule has 33 heavy (non-hydrogen) atoms. The van der Waals surface area contributed by atoms with E-state index in [0.717, 1.165) is 11.1 Å². The first-order chi connectivity index (χ1) is 15.7. The van der Waals surface area contributed by atoms with Gasteiger partial charge < -0.3 is 20.5 Å². The van der Waals surface area contributed by atoms with E-state index in [1.807, 2.05) is 19.9 Å². The topological polar surface area (TPSA) is 105 Å². The number of hydrogen-bond acceptors (Lipinski definition) is 4. The lowest BCUT2D eigenvalue weighted by Gasteiger charge is -2.27. The zero-order chi connectivity index (χ0) is 24.0. The van der Waals surface area contributed by atoms with Crippen molar-refractivity contribution in [3.63, 3.8) is 0 Å².